The van der Waals surface area contributed by atoms with Gasteiger partial charge in [0.25, 0.3) is 0 Å². The summed E-state index contributed by atoms with van der Waals surface area (Å²) in [4.78, 5) is 25.8. The molecule has 0 atom stereocenters. The van der Waals surface area contributed by atoms with Gasteiger partial charge in [0.05, 0.1) is 0 Å². The molecular formula is C22H25N3O2. The predicted molar refractivity (Wildman–Crippen MR) is 106 cm³/mol. The van der Waals surface area contributed by atoms with E-state index in [1.807, 2.05) is 35.2 Å². The first-order chi connectivity index (χ1) is 13.2. The number of anilines is 1. The molecule has 1 aliphatic heterocycles. The maximum Gasteiger partial charge on any atom is 0.315 e. The first kappa shape index (κ1) is 17.6. The SMILES string of the molecule is O=C(NCc1ccc(N2CCCC2=O)cc1)NCC1(c2ccccc2)CC1. The maximum atomic E-state index is 12.2. The van der Waals surface area contributed by atoms with Gasteiger partial charge in [-0.2, -0.15) is 0 Å². The lowest BCUT2D eigenvalue weighted by molar-refractivity contribution is -0.117. The Hall–Kier alpha value is -2.82. The molecule has 0 unspecified atom stereocenters. The van der Waals surface area contributed by atoms with E-state index < -0.39 is 0 Å². The van der Waals surface area contributed by atoms with Crippen LogP contribution in [-0.4, -0.2) is 25.0 Å². The van der Waals surface area contributed by atoms with Crippen LogP contribution in [-0.2, 0) is 16.8 Å². The standard InChI is InChI=1S/C22H25N3O2/c26-20-7-4-14-25(20)19-10-8-17(9-11-19)15-23-21(27)24-16-22(12-13-22)18-5-2-1-3-6-18/h1-3,5-6,8-11H,4,7,12-16H2,(H2,23,24,27). The van der Waals surface area contributed by atoms with Crippen LogP contribution in [0.5, 0.6) is 0 Å². The number of urea groups is 1. The highest BCUT2D eigenvalue weighted by atomic mass is 16.2. The number of amides is 3. The molecule has 5 nitrogen and oxygen atoms in total. The Morgan fingerprint density at radius 1 is 1.00 bits per heavy atom. The molecule has 2 fully saturated rings. The smallest absolute Gasteiger partial charge is 0.315 e. The molecule has 1 saturated carbocycles. The van der Waals surface area contributed by atoms with E-state index in [4.69, 9.17) is 0 Å². The molecule has 5 heteroatoms. The van der Waals surface area contributed by atoms with E-state index >= 15 is 0 Å². The first-order valence-corrected chi connectivity index (χ1v) is 9.63. The molecule has 1 heterocycles. The Bertz CT molecular complexity index is 813. The van der Waals surface area contributed by atoms with Gasteiger partial charge in [0.15, 0.2) is 0 Å². The monoisotopic (exact) mass is 363 g/mol. The van der Waals surface area contributed by atoms with Crippen LogP contribution in [0.3, 0.4) is 0 Å². The number of benzene rings is 2. The summed E-state index contributed by atoms with van der Waals surface area (Å²) in [5.41, 5.74) is 3.37. The number of carbonyl (C=O) groups excluding carboxylic acids is 2. The van der Waals surface area contributed by atoms with Gasteiger partial charge < -0.3 is 15.5 Å². The summed E-state index contributed by atoms with van der Waals surface area (Å²) in [7, 11) is 0. The first-order valence-electron chi connectivity index (χ1n) is 9.63. The van der Waals surface area contributed by atoms with Gasteiger partial charge in [0.2, 0.25) is 5.91 Å². The van der Waals surface area contributed by atoms with Crippen LogP contribution in [0.2, 0.25) is 0 Å². The summed E-state index contributed by atoms with van der Waals surface area (Å²) in [5.74, 6) is 0.188. The normalized spacial score (nSPS) is 17.6. The zero-order chi connectivity index (χ0) is 18.7. The topological polar surface area (TPSA) is 61.4 Å². The number of nitrogens with one attached hydrogen (secondary N) is 2. The molecular weight excluding hydrogens is 338 g/mol. The minimum atomic E-state index is -0.143. The Labute approximate surface area is 159 Å². The molecule has 140 valence electrons. The van der Waals surface area contributed by atoms with Gasteiger partial charge in [-0.3, -0.25) is 4.79 Å². The van der Waals surface area contributed by atoms with Gasteiger partial charge in [0.1, 0.15) is 0 Å². The second kappa shape index (κ2) is 7.43. The van der Waals surface area contributed by atoms with E-state index in [1.165, 1.54) is 5.56 Å². The molecule has 27 heavy (non-hydrogen) atoms. The maximum absolute atomic E-state index is 12.2. The Balaban J connectivity index is 1.25. The van der Waals surface area contributed by atoms with Crippen molar-refractivity contribution in [3.63, 3.8) is 0 Å². The Morgan fingerprint density at radius 2 is 1.74 bits per heavy atom. The summed E-state index contributed by atoms with van der Waals surface area (Å²) in [6.45, 7) is 1.93. The number of carbonyl (C=O) groups is 2. The van der Waals surface area contributed by atoms with Crippen molar-refractivity contribution in [1.29, 1.82) is 0 Å². The Kier molecular flexibility index (Phi) is 4.84. The van der Waals surface area contributed by atoms with Gasteiger partial charge >= 0.3 is 6.03 Å². The number of hydrogen-bond donors (Lipinski definition) is 2. The Morgan fingerprint density at radius 3 is 2.37 bits per heavy atom. The van der Waals surface area contributed by atoms with Gasteiger partial charge in [0, 0.05) is 37.2 Å². The van der Waals surface area contributed by atoms with Crippen molar-refractivity contribution in [2.75, 3.05) is 18.0 Å². The molecule has 2 N–H and O–H groups in total. The molecule has 2 aromatic carbocycles. The van der Waals surface area contributed by atoms with E-state index in [0.29, 0.717) is 19.5 Å². The molecule has 2 aliphatic rings. The molecule has 0 spiro atoms. The highest BCUT2D eigenvalue weighted by Crippen LogP contribution is 2.47. The highest BCUT2D eigenvalue weighted by Gasteiger charge is 2.44. The third-order valence-electron chi connectivity index (χ3n) is 5.60. The number of nitrogens with zero attached hydrogens (tertiary/aromatic N) is 1. The lowest BCUT2D eigenvalue weighted by Gasteiger charge is -2.17. The van der Waals surface area contributed by atoms with Crippen LogP contribution >= 0.6 is 0 Å². The van der Waals surface area contributed by atoms with Crippen LogP contribution in [0.4, 0.5) is 10.5 Å². The van der Waals surface area contributed by atoms with Crippen molar-refractivity contribution in [2.45, 2.75) is 37.6 Å². The highest BCUT2D eigenvalue weighted by molar-refractivity contribution is 5.95. The average molecular weight is 363 g/mol. The summed E-state index contributed by atoms with van der Waals surface area (Å²) >= 11 is 0. The lowest BCUT2D eigenvalue weighted by Crippen LogP contribution is -2.39. The molecule has 3 amide bonds. The molecule has 0 aromatic heterocycles. The molecule has 0 bridgehead atoms. The summed E-state index contributed by atoms with van der Waals surface area (Å²) in [5, 5.41) is 5.93. The molecule has 0 radical (unpaired) electrons. The average Bonchev–Trinajstić information content (AvgIpc) is 3.39. The summed E-state index contributed by atoms with van der Waals surface area (Å²) in [6, 6.07) is 18.1. The van der Waals surface area contributed by atoms with Crippen LogP contribution in [0.15, 0.2) is 54.6 Å². The number of hydrogen-bond acceptors (Lipinski definition) is 2. The second-order valence-corrected chi connectivity index (χ2v) is 7.50. The van der Waals surface area contributed by atoms with E-state index in [2.05, 4.69) is 34.9 Å². The molecule has 2 aromatic rings. The van der Waals surface area contributed by atoms with Gasteiger partial charge in [-0.1, -0.05) is 42.5 Å². The largest absolute Gasteiger partial charge is 0.337 e. The molecule has 4 rings (SSSR count). The van der Waals surface area contributed by atoms with Gasteiger partial charge in [-0.05, 0) is 42.5 Å². The zero-order valence-electron chi connectivity index (χ0n) is 15.4. The van der Waals surface area contributed by atoms with Crippen molar-refractivity contribution in [1.82, 2.24) is 10.6 Å². The third-order valence-corrected chi connectivity index (χ3v) is 5.60. The molecule has 1 aliphatic carbocycles. The van der Waals surface area contributed by atoms with Crippen LogP contribution in [0.1, 0.15) is 36.8 Å². The quantitative estimate of drug-likeness (QED) is 0.827. The second-order valence-electron chi connectivity index (χ2n) is 7.50. The fourth-order valence-electron chi connectivity index (χ4n) is 3.72. The summed E-state index contributed by atoms with van der Waals surface area (Å²) < 4.78 is 0. The van der Waals surface area contributed by atoms with Gasteiger partial charge in [-0.15, -0.1) is 0 Å². The van der Waals surface area contributed by atoms with E-state index in [1.54, 1.807) is 0 Å². The minimum absolute atomic E-state index is 0.114. The van der Waals surface area contributed by atoms with Crippen molar-refractivity contribution in [3.8, 4) is 0 Å². The van der Waals surface area contributed by atoms with E-state index in [0.717, 1.165) is 37.1 Å². The minimum Gasteiger partial charge on any atom is -0.337 e. The van der Waals surface area contributed by atoms with Crippen molar-refractivity contribution >= 4 is 17.6 Å². The van der Waals surface area contributed by atoms with E-state index in [9.17, 15) is 9.59 Å². The summed E-state index contributed by atoms with van der Waals surface area (Å²) in [6.07, 6.45) is 3.79. The van der Waals surface area contributed by atoms with Crippen molar-refractivity contribution < 1.29 is 9.59 Å². The van der Waals surface area contributed by atoms with Crippen LogP contribution < -0.4 is 15.5 Å². The van der Waals surface area contributed by atoms with Crippen molar-refractivity contribution in [3.05, 3.63) is 65.7 Å². The van der Waals surface area contributed by atoms with E-state index in [-0.39, 0.29) is 17.4 Å². The third kappa shape index (κ3) is 3.97. The zero-order valence-corrected chi connectivity index (χ0v) is 15.4. The van der Waals surface area contributed by atoms with Gasteiger partial charge in [-0.25, -0.2) is 4.79 Å². The fraction of sp³-hybridized carbons (Fsp3) is 0.364. The van der Waals surface area contributed by atoms with Crippen LogP contribution in [0.25, 0.3) is 0 Å². The van der Waals surface area contributed by atoms with Crippen LogP contribution in [0, 0.1) is 0 Å². The predicted octanol–water partition coefficient (Wildman–Crippen LogP) is 3.34. The van der Waals surface area contributed by atoms with Crippen molar-refractivity contribution in [2.24, 2.45) is 0 Å². The molecule has 1 saturated heterocycles. The fourth-order valence-corrected chi connectivity index (χ4v) is 3.72. The number of rotatable bonds is 6. The lowest BCUT2D eigenvalue weighted by atomic mass is 9.96.